The number of methoxy groups -OCH3 is 2. The summed E-state index contributed by atoms with van der Waals surface area (Å²) in [4.78, 5) is 21.4. The SMILES string of the molecule is COc1ccc(CCNC(=O)c2cc3c([nH]c4ccccc43)c(-c3cccc(Cl)c3)n2)cc1OC. The van der Waals surface area contributed by atoms with Crippen molar-refractivity contribution in [2.45, 2.75) is 6.42 Å². The Kier molecular flexibility index (Phi) is 6.29. The molecule has 1 amide bonds. The van der Waals surface area contributed by atoms with Gasteiger partial charge in [0.05, 0.1) is 25.4 Å². The Morgan fingerprint density at radius 2 is 1.77 bits per heavy atom. The summed E-state index contributed by atoms with van der Waals surface area (Å²) >= 11 is 6.26. The van der Waals surface area contributed by atoms with Gasteiger partial charge in [0.25, 0.3) is 5.91 Å². The van der Waals surface area contributed by atoms with Crippen molar-refractivity contribution in [3.8, 4) is 22.8 Å². The molecule has 0 saturated heterocycles. The highest BCUT2D eigenvalue weighted by Gasteiger charge is 2.17. The summed E-state index contributed by atoms with van der Waals surface area (Å²) in [6.07, 6.45) is 0.641. The zero-order chi connectivity index (χ0) is 24.4. The van der Waals surface area contributed by atoms with Crippen LogP contribution in [0.2, 0.25) is 5.02 Å². The van der Waals surface area contributed by atoms with Crippen LogP contribution in [0.15, 0.2) is 72.8 Å². The number of hydrogen-bond donors (Lipinski definition) is 2. The monoisotopic (exact) mass is 485 g/mol. The molecule has 0 fully saturated rings. The number of para-hydroxylation sites is 1. The lowest BCUT2D eigenvalue weighted by molar-refractivity contribution is 0.0949. The molecule has 0 bridgehead atoms. The summed E-state index contributed by atoms with van der Waals surface area (Å²) in [5, 5.41) is 5.58. The summed E-state index contributed by atoms with van der Waals surface area (Å²) < 4.78 is 10.7. The summed E-state index contributed by atoms with van der Waals surface area (Å²) in [5.41, 5.74) is 4.77. The molecule has 0 radical (unpaired) electrons. The minimum Gasteiger partial charge on any atom is -0.493 e. The van der Waals surface area contributed by atoms with Crippen molar-refractivity contribution in [1.29, 1.82) is 0 Å². The number of carbonyl (C=O) groups is 1. The van der Waals surface area contributed by atoms with Gasteiger partial charge in [-0.2, -0.15) is 0 Å². The summed E-state index contributed by atoms with van der Waals surface area (Å²) in [6, 6.07) is 23.1. The van der Waals surface area contributed by atoms with E-state index < -0.39 is 0 Å². The van der Waals surface area contributed by atoms with Crippen LogP contribution in [0.1, 0.15) is 16.1 Å². The molecular formula is C28H24ClN3O3. The number of aromatic amines is 1. The maximum Gasteiger partial charge on any atom is 0.269 e. The summed E-state index contributed by atoms with van der Waals surface area (Å²) in [5.74, 6) is 1.10. The van der Waals surface area contributed by atoms with Crippen LogP contribution in [0.25, 0.3) is 33.1 Å². The van der Waals surface area contributed by atoms with Crippen LogP contribution in [0.5, 0.6) is 11.5 Å². The van der Waals surface area contributed by atoms with Crippen LogP contribution in [-0.4, -0.2) is 36.6 Å². The fourth-order valence-electron chi connectivity index (χ4n) is 4.25. The molecule has 0 atom stereocenters. The van der Waals surface area contributed by atoms with Crippen molar-refractivity contribution in [3.05, 3.63) is 89.1 Å². The number of nitrogens with zero attached hydrogens (tertiary/aromatic N) is 1. The van der Waals surface area contributed by atoms with E-state index >= 15 is 0 Å². The van der Waals surface area contributed by atoms with Gasteiger partial charge in [-0.3, -0.25) is 4.79 Å². The van der Waals surface area contributed by atoms with Crippen molar-refractivity contribution < 1.29 is 14.3 Å². The van der Waals surface area contributed by atoms with Gasteiger partial charge in [0.1, 0.15) is 5.69 Å². The molecule has 0 saturated carbocycles. The Morgan fingerprint density at radius 3 is 2.57 bits per heavy atom. The first-order chi connectivity index (χ1) is 17.1. The molecule has 5 aromatic rings. The predicted octanol–water partition coefficient (Wildman–Crippen LogP) is 6.03. The first-order valence-electron chi connectivity index (χ1n) is 11.2. The highest BCUT2D eigenvalue weighted by atomic mass is 35.5. The van der Waals surface area contributed by atoms with E-state index in [0.29, 0.717) is 40.9 Å². The lowest BCUT2D eigenvalue weighted by atomic mass is 10.1. The molecule has 0 aliphatic carbocycles. The minimum absolute atomic E-state index is 0.235. The number of hydrogen-bond acceptors (Lipinski definition) is 4. The number of halogens is 1. The molecule has 6 nitrogen and oxygen atoms in total. The maximum atomic E-state index is 13.2. The molecule has 2 aromatic heterocycles. The third-order valence-electron chi connectivity index (χ3n) is 5.97. The van der Waals surface area contributed by atoms with Gasteiger partial charge < -0.3 is 19.8 Å². The molecule has 0 aliphatic heterocycles. The third kappa shape index (κ3) is 4.53. The van der Waals surface area contributed by atoms with Gasteiger partial charge in [-0.1, -0.05) is 48.0 Å². The maximum absolute atomic E-state index is 13.2. The molecule has 2 N–H and O–H groups in total. The van der Waals surface area contributed by atoms with Crippen LogP contribution in [0.4, 0.5) is 0 Å². The van der Waals surface area contributed by atoms with Gasteiger partial charge in [-0.25, -0.2) is 4.98 Å². The van der Waals surface area contributed by atoms with E-state index in [4.69, 9.17) is 26.1 Å². The normalized spacial score (nSPS) is 11.1. The molecule has 35 heavy (non-hydrogen) atoms. The number of benzene rings is 3. The van der Waals surface area contributed by atoms with Crippen LogP contribution < -0.4 is 14.8 Å². The number of amides is 1. The molecule has 3 aromatic carbocycles. The van der Waals surface area contributed by atoms with Crippen LogP contribution in [0.3, 0.4) is 0 Å². The fraction of sp³-hybridized carbons (Fsp3) is 0.143. The summed E-state index contributed by atoms with van der Waals surface area (Å²) in [6.45, 7) is 0.453. The second-order valence-corrected chi connectivity index (χ2v) is 8.59. The number of nitrogens with one attached hydrogen (secondary N) is 2. The Morgan fingerprint density at radius 1 is 0.943 bits per heavy atom. The molecule has 5 rings (SSSR count). The molecule has 0 spiro atoms. The largest absolute Gasteiger partial charge is 0.493 e. The average molecular weight is 486 g/mol. The third-order valence-corrected chi connectivity index (χ3v) is 6.21. The summed E-state index contributed by atoms with van der Waals surface area (Å²) in [7, 11) is 3.21. The highest BCUT2D eigenvalue weighted by molar-refractivity contribution is 6.31. The number of H-pyrrole nitrogens is 1. The number of ether oxygens (including phenoxy) is 2. The van der Waals surface area contributed by atoms with Gasteiger partial charge in [0.2, 0.25) is 0 Å². The lowest BCUT2D eigenvalue weighted by Crippen LogP contribution is -2.26. The van der Waals surface area contributed by atoms with E-state index in [2.05, 4.69) is 10.3 Å². The number of rotatable bonds is 7. The van der Waals surface area contributed by atoms with E-state index in [1.54, 1.807) is 14.2 Å². The van der Waals surface area contributed by atoms with E-state index in [-0.39, 0.29) is 5.91 Å². The first-order valence-corrected chi connectivity index (χ1v) is 11.6. The van der Waals surface area contributed by atoms with Crippen molar-refractivity contribution in [1.82, 2.24) is 15.3 Å². The predicted molar refractivity (Wildman–Crippen MR) is 140 cm³/mol. The Labute approximate surface area is 207 Å². The van der Waals surface area contributed by atoms with Crippen molar-refractivity contribution in [2.24, 2.45) is 0 Å². The van der Waals surface area contributed by atoms with Crippen molar-refractivity contribution in [3.63, 3.8) is 0 Å². The van der Waals surface area contributed by atoms with E-state index in [9.17, 15) is 4.79 Å². The van der Waals surface area contributed by atoms with Gasteiger partial charge >= 0.3 is 0 Å². The quantitative estimate of drug-likeness (QED) is 0.295. The van der Waals surface area contributed by atoms with Gasteiger partial charge in [0.15, 0.2) is 11.5 Å². The van der Waals surface area contributed by atoms with Crippen molar-refractivity contribution in [2.75, 3.05) is 20.8 Å². The average Bonchev–Trinajstić information content (AvgIpc) is 3.26. The van der Waals surface area contributed by atoms with E-state index in [1.807, 2.05) is 72.8 Å². The molecule has 7 heteroatoms. The van der Waals surface area contributed by atoms with Crippen LogP contribution in [-0.2, 0) is 6.42 Å². The number of carbonyl (C=O) groups excluding carboxylic acids is 1. The molecule has 2 heterocycles. The molecule has 176 valence electrons. The first kappa shape index (κ1) is 22.7. The van der Waals surface area contributed by atoms with Crippen LogP contribution in [0, 0.1) is 0 Å². The smallest absolute Gasteiger partial charge is 0.269 e. The standard InChI is InChI=1S/C28H24ClN3O3/c1-34-24-11-10-17(14-25(24)35-2)12-13-30-28(33)23-16-21-20-8-3-4-9-22(20)31-27(21)26(32-23)18-6-5-7-19(29)15-18/h3-11,14-16,31H,12-13H2,1-2H3,(H,30,33). The fourth-order valence-corrected chi connectivity index (χ4v) is 4.44. The van der Waals surface area contributed by atoms with Crippen molar-refractivity contribution >= 4 is 39.3 Å². The second kappa shape index (κ2) is 9.68. The minimum atomic E-state index is -0.235. The lowest BCUT2D eigenvalue weighted by Gasteiger charge is -2.11. The zero-order valence-electron chi connectivity index (χ0n) is 19.4. The van der Waals surface area contributed by atoms with Gasteiger partial charge in [-0.15, -0.1) is 0 Å². The van der Waals surface area contributed by atoms with E-state index in [1.165, 1.54) is 0 Å². The number of fused-ring (bicyclic) bond motifs is 3. The molecule has 0 unspecified atom stereocenters. The molecular weight excluding hydrogens is 462 g/mol. The van der Waals surface area contributed by atoms with Crippen LogP contribution >= 0.6 is 11.6 Å². The van der Waals surface area contributed by atoms with Gasteiger partial charge in [0, 0.05) is 33.4 Å². The number of aromatic nitrogens is 2. The number of pyridine rings is 1. The van der Waals surface area contributed by atoms with Gasteiger partial charge in [-0.05, 0) is 48.4 Å². The highest BCUT2D eigenvalue weighted by Crippen LogP contribution is 2.33. The Bertz CT molecular complexity index is 1540. The second-order valence-electron chi connectivity index (χ2n) is 8.15. The Balaban J connectivity index is 1.46. The molecule has 0 aliphatic rings. The van der Waals surface area contributed by atoms with E-state index in [0.717, 1.165) is 32.9 Å². The topological polar surface area (TPSA) is 76.2 Å². The Hall–Kier alpha value is -4.03. The zero-order valence-corrected chi connectivity index (χ0v) is 20.1.